The van der Waals surface area contributed by atoms with E-state index >= 15 is 0 Å². The van der Waals surface area contributed by atoms with Gasteiger partial charge in [0.05, 0.1) is 16.4 Å². The summed E-state index contributed by atoms with van der Waals surface area (Å²) in [5.41, 5.74) is 1.16. The van der Waals surface area contributed by atoms with Crippen molar-refractivity contribution in [3.8, 4) is 0 Å². The molecule has 21 heavy (non-hydrogen) atoms. The molecule has 0 bridgehead atoms. The standard InChI is InChI=1S/C17H21NO2S/c19-16(20-12-5-1-2-6-12)13-11-21-17-9-4-3-7-15(17)18-10-8-14(13)17/h3-4,7,10,12-14H,1-2,5-6,8-9,11H2. The van der Waals surface area contributed by atoms with Crippen LogP contribution in [0, 0.1) is 11.8 Å². The van der Waals surface area contributed by atoms with Crippen molar-refractivity contribution in [1.29, 1.82) is 0 Å². The van der Waals surface area contributed by atoms with Crippen LogP contribution in [0.5, 0.6) is 0 Å². The fourth-order valence-corrected chi connectivity index (χ4v) is 5.97. The van der Waals surface area contributed by atoms with Crippen LogP contribution in [-0.4, -0.2) is 28.8 Å². The Kier molecular flexibility index (Phi) is 3.44. The third-order valence-corrected chi connectivity index (χ3v) is 7.05. The molecular weight excluding hydrogens is 282 g/mol. The molecule has 112 valence electrons. The fourth-order valence-electron chi connectivity index (χ4n) is 4.17. The van der Waals surface area contributed by atoms with Crippen molar-refractivity contribution in [3.05, 3.63) is 23.9 Å². The van der Waals surface area contributed by atoms with Crippen LogP contribution in [0.2, 0.25) is 0 Å². The Morgan fingerprint density at radius 2 is 2.24 bits per heavy atom. The molecule has 3 nitrogen and oxygen atoms in total. The Balaban J connectivity index is 1.53. The molecule has 1 saturated carbocycles. The van der Waals surface area contributed by atoms with E-state index in [1.54, 1.807) is 0 Å². The maximum Gasteiger partial charge on any atom is 0.310 e. The van der Waals surface area contributed by atoms with Crippen LogP contribution in [-0.2, 0) is 9.53 Å². The quantitative estimate of drug-likeness (QED) is 0.733. The summed E-state index contributed by atoms with van der Waals surface area (Å²) in [7, 11) is 0. The maximum absolute atomic E-state index is 12.6. The van der Waals surface area contributed by atoms with Crippen molar-refractivity contribution in [1.82, 2.24) is 0 Å². The zero-order chi connectivity index (χ0) is 14.3. The number of hydrogen-bond acceptors (Lipinski definition) is 4. The van der Waals surface area contributed by atoms with E-state index in [2.05, 4.69) is 23.2 Å². The van der Waals surface area contributed by atoms with Gasteiger partial charge in [0, 0.05) is 12.0 Å². The first-order chi connectivity index (χ1) is 10.3. The Morgan fingerprint density at radius 3 is 3.10 bits per heavy atom. The van der Waals surface area contributed by atoms with Gasteiger partial charge in [0.15, 0.2) is 0 Å². The third kappa shape index (κ3) is 2.19. The molecule has 0 radical (unpaired) electrons. The number of nitrogens with zero attached hydrogens (tertiary/aromatic N) is 1. The number of aliphatic imine (C=N–C) groups is 1. The van der Waals surface area contributed by atoms with Crippen LogP contribution in [0.15, 0.2) is 28.9 Å². The van der Waals surface area contributed by atoms with Crippen molar-refractivity contribution in [2.45, 2.75) is 49.4 Å². The van der Waals surface area contributed by atoms with Crippen molar-refractivity contribution in [2.75, 3.05) is 5.75 Å². The summed E-state index contributed by atoms with van der Waals surface area (Å²) in [4.78, 5) is 17.2. The number of rotatable bonds is 2. The van der Waals surface area contributed by atoms with E-state index < -0.39 is 0 Å². The van der Waals surface area contributed by atoms with Gasteiger partial charge in [0.2, 0.25) is 0 Å². The normalized spacial score (nSPS) is 38.0. The highest BCUT2D eigenvalue weighted by Crippen LogP contribution is 2.57. The van der Waals surface area contributed by atoms with Crippen LogP contribution in [0.25, 0.3) is 0 Å². The second kappa shape index (κ2) is 5.31. The van der Waals surface area contributed by atoms with Crippen molar-refractivity contribution in [3.63, 3.8) is 0 Å². The molecular formula is C17H21NO2S. The molecule has 2 aliphatic carbocycles. The first-order valence-electron chi connectivity index (χ1n) is 8.04. The first-order valence-corrected chi connectivity index (χ1v) is 9.02. The molecule has 1 saturated heterocycles. The summed E-state index contributed by atoms with van der Waals surface area (Å²) in [6.45, 7) is 0. The zero-order valence-corrected chi connectivity index (χ0v) is 13.0. The van der Waals surface area contributed by atoms with E-state index in [1.165, 1.54) is 12.8 Å². The number of carbonyl (C=O) groups excluding carboxylic acids is 1. The summed E-state index contributed by atoms with van der Waals surface area (Å²) >= 11 is 1.92. The SMILES string of the molecule is O=C(OC1CCCC1)C1CSC23CC=CC=C2N=CCC13. The monoisotopic (exact) mass is 303 g/mol. The third-order valence-electron chi connectivity index (χ3n) is 5.33. The number of thioether (sulfide) groups is 1. The first kappa shape index (κ1) is 13.6. The van der Waals surface area contributed by atoms with Gasteiger partial charge in [-0.3, -0.25) is 9.79 Å². The van der Waals surface area contributed by atoms with E-state index in [9.17, 15) is 4.79 Å². The molecule has 4 rings (SSSR count). The molecule has 4 heteroatoms. The van der Waals surface area contributed by atoms with Crippen molar-refractivity contribution in [2.24, 2.45) is 16.8 Å². The second-order valence-corrected chi connectivity index (χ2v) is 7.84. The van der Waals surface area contributed by atoms with E-state index in [1.807, 2.05) is 18.0 Å². The fraction of sp³-hybridized carbons (Fsp3) is 0.647. The minimum atomic E-state index is 0.0306. The Morgan fingerprint density at radius 1 is 1.38 bits per heavy atom. The topological polar surface area (TPSA) is 38.7 Å². The van der Waals surface area contributed by atoms with Crippen LogP contribution in [0.1, 0.15) is 38.5 Å². The molecule has 3 unspecified atom stereocenters. The lowest BCUT2D eigenvalue weighted by molar-refractivity contribution is -0.154. The second-order valence-electron chi connectivity index (χ2n) is 6.49. The molecule has 0 amide bonds. The zero-order valence-electron chi connectivity index (χ0n) is 12.2. The number of allylic oxidation sites excluding steroid dienone is 3. The predicted octanol–water partition coefficient (Wildman–Crippen LogP) is 3.51. The summed E-state index contributed by atoms with van der Waals surface area (Å²) in [6.07, 6.45) is 15.0. The average Bonchev–Trinajstić information content (AvgIpc) is 3.13. The molecule has 0 aromatic rings. The molecule has 4 aliphatic rings. The van der Waals surface area contributed by atoms with E-state index in [0.717, 1.165) is 37.1 Å². The van der Waals surface area contributed by atoms with Gasteiger partial charge < -0.3 is 4.74 Å². The molecule has 0 aromatic heterocycles. The van der Waals surface area contributed by atoms with Gasteiger partial charge in [-0.1, -0.05) is 12.2 Å². The maximum atomic E-state index is 12.6. The average molecular weight is 303 g/mol. The number of carbonyl (C=O) groups is 1. The summed E-state index contributed by atoms with van der Waals surface area (Å²) in [6, 6.07) is 0. The Labute approximate surface area is 129 Å². The van der Waals surface area contributed by atoms with Crippen molar-refractivity contribution < 1.29 is 9.53 Å². The number of esters is 1. The molecule has 0 aromatic carbocycles. The largest absolute Gasteiger partial charge is 0.462 e. The Hall–Kier alpha value is -1.03. The lowest BCUT2D eigenvalue weighted by Crippen LogP contribution is -2.41. The molecule has 2 aliphatic heterocycles. The molecule has 0 N–H and O–H groups in total. The highest BCUT2D eigenvalue weighted by Gasteiger charge is 2.55. The molecule has 3 atom stereocenters. The van der Waals surface area contributed by atoms with E-state index in [0.29, 0.717) is 5.92 Å². The highest BCUT2D eigenvalue weighted by molar-refractivity contribution is 8.01. The lowest BCUT2D eigenvalue weighted by Gasteiger charge is -2.39. The van der Waals surface area contributed by atoms with Crippen LogP contribution >= 0.6 is 11.8 Å². The van der Waals surface area contributed by atoms with Crippen LogP contribution < -0.4 is 0 Å². The molecule has 1 spiro atoms. The summed E-state index contributed by atoms with van der Waals surface area (Å²) < 4.78 is 5.82. The predicted molar refractivity (Wildman–Crippen MR) is 85.5 cm³/mol. The highest BCUT2D eigenvalue weighted by atomic mass is 32.2. The van der Waals surface area contributed by atoms with E-state index in [4.69, 9.17) is 4.74 Å². The lowest BCUT2D eigenvalue weighted by atomic mass is 9.74. The number of ether oxygens (including phenoxy) is 1. The molecule has 2 fully saturated rings. The van der Waals surface area contributed by atoms with Gasteiger partial charge in [-0.05, 0) is 50.5 Å². The van der Waals surface area contributed by atoms with Gasteiger partial charge in [0.25, 0.3) is 0 Å². The van der Waals surface area contributed by atoms with Crippen molar-refractivity contribution >= 4 is 23.9 Å². The summed E-state index contributed by atoms with van der Waals surface area (Å²) in [5.74, 6) is 1.31. The van der Waals surface area contributed by atoms with Gasteiger partial charge in [0.1, 0.15) is 6.10 Å². The van der Waals surface area contributed by atoms with Crippen LogP contribution in [0.3, 0.4) is 0 Å². The minimum absolute atomic E-state index is 0.0306. The minimum Gasteiger partial charge on any atom is -0.462 e. The van der Waals surface area contributed by atoms with Gasteiger partial charge in [-0.25, -0.2) is 0 Å². The summed E-state index contributed by atoms with van der Waals surface area (Å²) in [5, 5.41) is 0. The smallest absolute Gasteiger partial charge is 0.310 e. The molecule has 2 heterocycles. The van der Waals surface area contributed by atoms with Crippen LogP contribution in [0.4, 0.5) is 0 Å². The Bertz CT molecular complexity index is 533. The van der Waals surface area contributed by atoms with Gasteiger partial charge in [-0.15, -0.1) is 11.8 Å². The van der Waals surface area contributed by atoms with E-state index in [-0.39, 0.29) is 22.7 Å². The van der Waals surface area contributed by atoms with Gasteiger partial charge in [-0.2, -0.15) is 0 Å². The van der Waals surface area contributed by atoms with Gasteiger partial charge >= 0.3 is 5.97 Å². The number of hydrogen-bond donors (Lipinski definition) is 0.